The molecule has 0 spiro atoms. The van der Waals surface area contributed by atoms with Crippen molar-refractivity contribution in [2.24, 2.45) is 0 Å². The average Bonchev–Trinajstić information content (AvgIpc) is 2.37. The Bertz CT molecular complexity index is 570. The van der Waals surface area contributed by atoms with Crippen molar-refractivity contribution in [1.82, 2.24) is 0 Å². The van der Waals surface area contributed by atoms with Crippen LogP contribution in [0.25, 0.3) is 0 Å². The first-order valence-electron chi connectivity index (χ1n) is 5.88. The van der Waals surface area contributed by atoms with E-state index in [1.54, 1.807) is 0 Å². The van der Waals surface area contributed by atoms with Gasteiger partial charge in [-0.2, -0.15) is 13.2 Å². The van der Waals surface area contributed by atoms with Crippen molar-refractivity contribution in [2.45, 2.75) is 32.0 Å². The fourth-order valence-electron chi connectivity index (χ4n) is 1.43. The number of carbonyl (C=O) groups is 1. The number of alkyl halides is 3. The molecule has 0 saturated heterocycles. The summed E-state index contributed by atoms with van der Waals surface area (Å²) in [4.78, 5) is 21.1. The summed E-state index contributed by atoms with van der Waals surface area (Å²) < 4.78 is 38.3. The first-order valence-corrected chi connectivity index (χ1v) is 5.88. The Morgan fingerprint density at radius 3 is 2.43 bits per heavy atom. The van der Waals surface area contributed by atoms with E-state index in [2.05, 4.69) is 5.32 Å². The van der Waals surface area contributed by atoms with Crippen LogP contribution in [0.1, 0.15) is 25.8 Å². The maximum Gasteiger partial charge on any atom is 0.423 e. The van der Waals surface area contributed by atoms with Crippen molar-refractivity contribution < 1.29 is 28.0 Å². The van der Waals surface area contributed by atoms with E-state index in [1.165, 1.54) is 13.8 Å². The van der Waals surface area contributed by atoms with Crippen LogP contribution in [0, 0.1) is 10.1 Å². The minimum Gasteiger partial charge on any atom is -0.380 e. The maximum atomic E-state index is 12.8. The smallest absolute Gasteiger partial charge is 0.380 e. The van der Waals surface area contributed by atoms with E-state index in [4.69, 9.17) is 0 Å². The number of nitrogens with zero attached hydrogens (tertiary/aromatic N) is 1. The highest BCUT2D eigenvalue weighted by Crippen LogP contribution is 2.37. The summed E-state index contributed by atoms with van der Waals surface area (Å²) in [6.45, 7) is 2.73. The van der Waals surface area contributed by atoms with Gasteiger partial charge < -0.3 is 10.4 Å². The minimum atomic E-state index is -4.93. The first-order chi connectivity index (χ1) is 9.49. The number of hydrogen-bond acceptors (Lipinski definition) is 4. The standard InChI is InChI=1S/C12H13F3N2O4/c1-3-11(2,19)10(18)16-7-4-5-9(17(20)21)8(6-7)12(13,14)15/h4-6,19H,3H2,1-2H3,(H,16,18). The van der Waals surface area contributed by atoms with Crippen molar-refractivity contribution in [3.8, 4) is 0 Å². The number of aliphatic hydroxyl groups is 1. The zero-order chi connectivity index (χ0) is 16.4. The van der Waals surface area contributed by atoms with Gasteiger partial charge in [0.25, 0.3) is 11.6 Å². The third kappa shape index (κ3) is 3.91. The second-order valence-electron chi connectivity index (χ2n) is 4.57. The third-order valence-corrected chi connectivity index (χ3v) is 2.93. The zero-order valence-electron chi connectivity index (χ0n) is 11.2. The van der Waals surface area contributed by atoms with Crippen LogP contribution in [0.15, 0.2) is 18.2 Å². The number of nitrogens with one attached hydrogen (secondary N) is 1. The lowest BCUT2D eigenvalue weighted by molar-refractivity contribution is -0.388. The van der Waals surface area contributed by atoms with Crippen molar-refractivity contribution >= 4 is 17.3 Å². The molecule has 0 saturated carbocycles. The van der Waals surface area contributed by atoms with Gasteiger partial charge in [0, 0.05) is 11.8 Å². The number of benzene rings is 1. The molecule has 0 aliphatic heterocycles. The van der Waals surface area contributed by atoms with Crippen LogP contribution in [0.2, 0.25) is 0 Å². The largest absolute Gasteiger partial charge is 0.423 e. The topological polar surface area (TPSA) is 92.5 Å². The second-order valence-corrected chi connectivity index (χ2v) is 4.57. The Labute approximate surface area is 117 Å². The Kier molecular flexibility index (Phi) is 4.57. The van der Waals surface area contributed by atoms with Gasteiger partial charge in [-0.25, -0.2) is 0 Å². The highest BCUT2D eigenvalue weighted by atomic mass is 19.4. The lowest BCUT2D eigenvalue weighted by Gasteiger charge is -2.20. The summed E-state index contributed by atoms with van der Waals surface area (Å²) in [7, 11) is 0. The first kappa shape index (κ1) is 16.9. The zero-order valence-corrected chi connectivity index (χ0v) is 11.2. The SMILES string of the molecule is CCC(C)(O)C(=O)Nc1ccc([N+](=O)[O-])c(C(F)(F)F)c1. The molecule has 1 amide bonds. The average molecular weight is 306 g/mol. The van der Waals surface area contributed by atoms with Crippen LogP contribution in [-0.2, 0) is 11.0 Å². The highest BCUT2D eigenvalue weighted by Gasteiger charge is 2.39. The Morgan fingerprint density at radius 2 is 2.00 bits per heavy atom. The van der Waals surface area contributed by atoms with E-state index in [-0.39, 0.29) is 12.1 Å². The number of rotatable bonds is 4. The summed E-state index contributed by atoms with van der Waals surface area (Å²) in [6, 6.07) is 2.08. The molecule has 0 fully saturated rings. The van der Waals surface area contributed by atoms with Crippen LogP contribution >= 0.6 is 0 Å². The van der Waals surface area contributed by atoms with Gasteiger partial charge in [0.1, 0.15) is 11.2 Å². The lowest BCUT2D eigenvalue weighted by atomic mass is 10.0. The monoisotopic (exact) mass is 306 g/mol. The molecule has 0 aliphatic rings. The number of amides is 1. The highest BCUT2D eigenvalue weighted by molar-refractivity contribution is 5.96. The number of anilines is 1. The fraction of sp³-hybridized carbons (Fsp3) is 0.417. The van der Waals surface area contributed by atoms with Gasteiger partial charge in [0.05, 0.1) is 4.92 Å². The molecule has 1 rings (SSSR count). The molecular formula is C12H13F3N2O4. The van der Waals surface area contributed by atoms with Gasteiger partial charge >= 0.3 is 6.18 Å². The second kappa shape index (κ2) is 5.68. The molecule has 0 bridgehead atoms. The predicted octanol–water partition coefficient (Wildman–Crippen LogP) is 2.71. The van der Waals surface area contributed by atoms with E-state index in [1.807, 2.05) is 0 Å². The molecule has 0 aliphatic carbocycles. The number of carbonyl (C=O) groups excluding carboxylic acids is 1. The Balaban J connectivity index is 3.18. The van der Waals surface area contributed by atoms with Crippen LogP contribution in [0.4, 0.5) is 24.5 Å². The van der Waals surface area contributed by atoms with Crippen LogP contribution < -0.4 is 5.32 Å². The molecule has 6 nitrogen and oxygen atoms in total. The molecule has 0 aromatic heterocycles. The number of halogens is 3. The van der Waals surface area contributed by atoms with Crippen molar-refractivity contribution in [3.63, 3.8) is 0 Å². The van der Waals surface area contributed by atoms with Gasteiger partial charge in [-0.1, -0.05) is 6.92 Å². The molecule has 1 unspecified atom stereocenters. The molecule has 116 valence electrons. The molecule has 1 aromatic carbocycles. The van der Waals surface area contributed by atoms with Gasteiger partial charge in [-0.05, 0) is 25.5 Å². The number of hydrogen-bond donors (Lipinski definition) is 2. The van der Waals surface area contributed by atoms with Crippen LogP contribution in [-0.4, -0.2) is 21.5 Å². The molecule has 0 heterocycles. The fourth-order valence-corrected chi connectivity index (χ4v) is 1.43. The molecule has 1 aromatic rings. The molecule has 9 heteroatoms. The van der Waals surface area contributed by atoms with Gasteiger partial charge in [-0.15, -0.1) is 0 Å². The number of nitro benzene ring substituents is 1. The molecule has 1 atom stereocenters. The quantitative estimate of drug-likeness (QED) is 0.660. The van der Waals surface area contributed by atoms with Crippen molar-refractivity contribution in [2.75, 3.05) is 5.32 Å². The maximum absolute atomic E-state index is 12.8. The minimum absolute atomic E-state index is 0.0535. The summed E-state index contributed by atoms with van der Waals surface area (Å²) in [5.74, 6) is -0.896. The summed E-state index contributed by atoms with van der Waals surface area (Å²) >= 11 is 0. The Morgan fingerprint density at radius 1 is 1.43 bits per heavy atom. The molecular weight excluding hydrogens is 293 g/mol. The van der Waals surface area contributed by atoms with E-state index in [9.17, 15) is 33.2 Å². The summed E-state index contributed by atoms with van der Waals surface area (Å²) in [6.07, 6.45) is -4.88. The molecule has 21 heavy (non-hydrogen) atoms. The summed E-state index contributed by atoms with van der Waals surface area (Å²) in [5, 5.41) is 22.4. The van der Waals surface area contributed by atoms with E-state index >= 15 is 0 Å². The van der Waals surface area contributed by atoms with Crippen molar-refractivity contribution in [3.05, 3.63) is 33.9 Å². The molecule has 0 radical (unpaired) electrons. The number of nitro groups is 1. The van der Waals surface area contributed by atoms with Crippen LogP contribution in [0.3, 0.4) is 0 Å². The van der Waals surface area contributed by atoms with Crippen LogP contribution in [0.5, 0.6) is 0 Å². The lowest BCUT2D eigenvalue weighted by Crippen LogP contribution is -2.39. The van der Waals surface area contributed by atoms with E-state index in [0.717, 1.165) is 6.07 Å². The normalized spacial score (nSPS) is 14.4. The van der Waals surface area contributed by atoms with Crippen molar-refractivity contribution in [1.29, 1.82) is 0 Å². The van der Waals surface area contributed by atoms with E-state index in [0.29, 0.717) is 12.1 Å². The Hall–Kier alpha value is -2.16. The van der Waals surface area contributed by atoms with E-state index < -0.39 is 33.9 Å². The van der Waals surface area contributed by atoms with Gasteiger partial charge in [0.2, 0.25) is 0 Å². The van der Waals surface area contributed by atoms with Gasteiger partial charge in [-0.3, -0.25) is 14.9 Å². The molecule has 2 N–H and O–H groups in total. The van der Waals surface area contributed by atoms with Gasteiger partial charge in [0.15, 0.2) is 0 Å². The predicted molar refractivity (Wildman–Crippen MR) is 67.6 cm³/mol. The third-order valence-electron chi connectivity index (χ3n) is 2.93. The summed E-state index contributed by atoms with van der Waals surface area (Å²) in [5.41, 5.74) is -4.61.